The summed E-state index contributed by atoms with van der Waals surface area (Å²) in [4.78, 5) is 0. The molecule has 0 aromatic heterocycles. The molecule has 1 unspecified atom stereocenters. The van der Waals surface area contributed by atoms with Gasteiger partial charge in [0.25, 0.3) is 0 Å². The van der Waals surface area contributed by atoms with E-state index >= 15 is 0 Å². The molecule has 6 heteroatoms. The van der Waals surface area contributed by atoms with Crippen LogP contribution in [-0.4, -0.2) is 36.2 Å². The van der Waals surface area contributed by atoms with Gasteiger partial charge in [0.1, 0.15) is 0 Å². The van der Waals surface area contributed by atoms with Crippen LogP contribution in [0.5, 0.6) is 0 Å². The van der Waals surface area contributed by atoms with Crippen LogP contribution >= 0.6 is 24.0 Å². The standard InChI is InChI=1S/C8H21NO3Si.HI/c1-5-8(9)6-7-13(10-2,11-3)12-4;/h8H,5-7,9H2,1-4H3;1H. The van der Waals surface area contributed by atoms with Gasteiger partial charge in [-0.2, -0.15) is 0 Å². The molecule has 0 aliphatic rings. The van der Waals surface area contributed by atoms with Crippen molar-refractivity contribution >= 4 is 32.8 Å². The highest BCUT2D eigenvalue weighted by molar-refractivity contribution is 14.0. The maximum Gasteiger partial charge on any atom is 0.500 e. The van der Waals surface area contributed by atoms with Crippen LogP contribution in [0.1, 0.15) is 19.8 Å². The van der Waals surface area contributed by atoms with E-state index in [1.165, 1.54) is 0 Å². The van der Waals surface area contributed by atoms with Crippen LogP contribution in [0, 0.1) is 0 Å². The first-order chi connectivity index (χ1) is 6.14. The summed E-state index contributed by atoms with van der Waals surface area (Å²) in [5.74, 6) is 0. The lowest BCUT2D eigenvalue weighted by Crippen LogP contribution is -2.43. The number of hydrogen-bond acceptors (Lipinski definition) is 4. The maximum absolute atomic E-state index is 5.80. The van der Waals surface area contributed by atoms with Gasteiger partial charge in [0.05, 0.1) is 0 Å². The first-order valence-electron chi connectivity index (χ1n) is 4.55. The Morgan fingerprint density at radius 1 is 1.14 bits per heavy atom. The summed E-state index contributed by atoms with van der Waals surface area (Å²) in [5.41, 5.74) is 5.80. The normalized spacial score (nSPS) is 13.5. The van der Waals surface area contributed by atoms with Crippen LogP contribution < -0.4 is 5.73 Å². The van der Waals surface area contributed by atoms with Gasteiger partial charge in [-0.05, 0) is 12.8 Å². The van der Waals surface area contributed by atoms with E-state index in [1.54, 1.807) is 21.3 Å². The fourth-order valence-corrected chi connectivity index (χ4v) is 2.96. The van der Waals surface area contributed by atoms with Crippen LogP contribution in [0.4, 0.5) is 0 Å². The van der Waals surface area contributed by atoms with Crippen molar-refractivity contribution in [1.82, 2.24) is 0 Å². The molecular formula is C8H22INO3Si. The molecule has 0 spiro atoms. The highest BCUT2D eigenvalue weighted by Crippen LogP contribution is 2.16. The summed E-state index contributed by atoms with van der Waals surface area (Å²) < 4.78 is 15.8. The molecule has 4 nitrogen and oxygen atoms in total. The summed E-state index contributed by atoms with van der Waals surface area (Å²) >= 11 is 0. The van der Waals surface area contributed by atoms with Crippen molar-refractivity contribution in [3.05, 3.63) is 0 Å². The minimum Gasteiger partial charge on any atom is -0.377 e. The lowest BCUT2D eigenvalue weighted by Gasteiger charge is -2.25. The van der Waals surface area contributed by atoms with E-state index in [0.717, 1.165) is 18.9 Å². The van der Waals surface area contributed by atoms with Crippen molar-refractivity contribution in [2.75, 3.05) is 21.3 Å². The maximum atomic E-state index is 5.80. The summed E-state index contributed by atoms with van der Waals surface area (Å²) in [6, 6.07) is 0.998. The third-order valence-electron chi connectivity index (χ3n) is 2.28. The molecule has 2 N–H and O–H groups in total. The van der Waals surface area contributed by atoms with Gasteiger partial charge in [0.15, 0.2) is 0 Å². The molecule has 88 valence electrons. The monoisotopic (exact) mass is 335 g/mol. The molecule has 1 atom stereocenters. The predicted octanol–water partition coefficient (Wildman–Crippen LogP) is 1.61. The van der Waals surface area contributed by atoms with E-state index in [-0.39, 0.29) is 30.0 Å². The molecule has 0 bridgehead atoms. The van der Waals surface area contributed by atoms with Gasteiger partial charge in [-0.3, -0.25) is 0 Å². The van der Waals surface area contributed by atoms with Crippen molar-refractivity contribution in [1.29, 1.82) is 0 Å². The fraction of sp³-hybridized carbons (Fsp3) is 1.00. The van der Waals surface area contributed by atoms with Crippen LogP contribution in [0.2, 0.25) is 6.04 Å². The molecule has 0 aliphatic heterocycles. The second kappa shape index (κ2) is 9.04. The molecule has 14 heavy (non-hydrogen) atoms. The Kier molecular flexibility index (Phi) is 11.1. The van der Waals surface area contributed by atoms with Crippen molar-refractivity contribution in [2.45, 2.75) is 31.9 Å². The van der Waals surface area contributed by atoms with Gasteiger partial charge < -0.3 is 19.0 Å². The summed E-state index contributed by atoms with van der Waals surface area (Å²) in [6.45, 7) is 2.07. The lowest BCUT2D eigenvalue weighted by atomic mass is 10.2. The predicted molar refractivity (Wildman–Crippen MR) is 69.9 cm³/mol. The second-order valence-corrected chi connectivity index (χ2v) is 6.09. The van der Waals surface area contributed by atoms with Crippen LogP contribution in [0.3, 0.4) is 0 Å². The Morgan fingerprint density at radius 2 is 1.57 bits per heavy atom. The van der Waals surface area contributed by atoms with Crippen molar-refractivity contribution in [3.8, 4) is 0 Å². The average molecular weight is 335 g/mol. The third kappa shape index (κ3) is 5.62. The zero-order valence-corrected chi connectivity index (χ0v) is 12.7. The Labute approximate surface area is 105 Å². The Hall–Kier alpha value is 0.787. The first kappa shape index (κ1) is 17.2. The van der Waals surface area contributed by atoms with E-state index in [2.05, 4.69) is 6.92 Å². The van der Waals surface area contributed by atoms with Crippen molar-refractivity contribution in [3.63, 3.8) is 0 Å². The molecule has 0 saturated heterocycles. The Bertz CT molecular complexity index is 127. The largest absolute Gasteiger partial charge is 0.500 e. The molecule has 0 fully saturated rings. The second-order valence-electron chi connectivity index (χ2n) is 3.00. The Balaban J connectivity index is 0. The van der Waals surface area contributed by atoms with E-state index in [0.29, 0.717) is 0 Å². The van der Waals surface area contributed by atoms with E-state index in [9.17, 15) is 0 Å². The Morgan fingerprint density at radius 3 is 1.86 bits per heavy atom. The fourth-order valence-electron chi connectivity index (χ4n) is 1.12. The van der Waals surface area contributed by atoms with Gasteiger partial charge in [-0.15, -0.1) is 24.0 Å². The SMILES string of the molecule is CCC(N)CC[Si](OC)(OC)OC.I. The van der Waals surface area contributed by atoms with Gasteiger partial charge in [-0.25, -0.2) is 0 Å². The molecule has 0 heterocycles. The molecule has 0 amide bonds. The number of nitrogens with two attached hydrogens (primary N) is 1. The van der Waals surface area contributed by atoms with Crippen LogP contribution in [0.15, 0.2) is 0 Å². The van der Waals surface area contributed by atoms with Crippen molar-refractivity contribution in [2.24, 2.45) is 5.73 Å². The topological polar surface area (TPSA) is 53.7 Å². The average Bonchev–Trinajstić information content (AvgIpc) is 2.20. The highest BCUT2D eigenvalue weighted by atomic mass is 127. The molecule has 0 saturated carbocycles. The highest BCUT2D eigenvalue weighted by Gasteiger charge is 2.37. The number of halogens is 1. The minimum absolute atomic E-state index is 0. The zero-order chi connectivity index (χ0) is 10.3. The molecule has 0 radical (unpaired) electrons. The molecule has 0 aromatic rings. The minimum atomic E-state index is -2.38. The number of hydrogen-bond donors (Lipinski definition) is 1. The summed E-state index contributed by atoms with van der Waals surface area (Å²) in [5, 5.41) is 0. The smallest absolute Gasteiger partial charge is 0.377 e. The van der Waals surface area contributed by atoms with E-state index in [1.807, 2.05) is 0 Å². The quantitative estimate of drug-likeness (QED) is 0.567. The summed E-state index contributed by atoms with van der Waals surface area (Å²) in [6.07, 6.45) is 1.86. The van der Waals surface area contributed by atoms with Crippen LogP contribution in [0.25, 0.3) is 0 Å². The lowest BCUT2D eigenvalue weighted by molar-refractivity contribution is 0.122. The molecular weight excluding hydrogens is 313 g/mol. The van der Waals surface area contributed by atoms with Gasteiger partial charge in [0, 0.05) is 33.4 Å². The third-order valence-corrected chi connectivity index (χ3v) is 5.05. The molecule has 0 rings (SSSR count). The summed E-state index contributed by atoms with van der Waals surface area (Å²) in [7, 11) is 2.49. The van der Waals surface area contributed by atoms with Crippen molar-refractivity contribution < 1.29 is 13.3 Å². The first-order valence-corrected chi connectivity index (χ1v) is 6.48. The van der Waals surface area contributed by atoms with Gasteiger partial charge in [-0.1, -0.05) is 6.92 Å². The van der Waals surface area contributed by atoms with Gasteiger partial charge >= 0.3 is 8.80 Å². The molecule has 0 aromatic carbocycles. The van der Waals surface area contributed by atoms with Gasteiger partial charge in [0.2, 0.25) is 0 Å². The molecule has 0 aliphatic carbocycles. The number of rotatable bonds is 7. The zero-order valence-electron chi connectivity index (χ0n) is 9.41. The van der Waals surface area contributed by atoms with E-state index < -0.39 is 8.80 Å². The van der Waals surface area contributed by atoms with E-state index in [4.69, 9.17) is 19.0 Å². The van der Waals surface area contributed by atoms with Crippen LogP contribution in [-0.2, 0) is 13.3 Å².